The molecule has 0 spiro atoms. The van der Waals surface area contributed by atoms with E-state index in [9.17, 15) is 0 Å². The fourth-order valence-corrected chi connectivity index (χ4v) is 3.43. The standard InChI is InChI=1S/C22H28N8/c23-7-9-25-21-5-4-18(15-27-21)20-6-8-26-22(29-20)28-19-3-1-2-17(14-19)16-30-12-10-24-11-13-30/h1-6,8,14-15,24H,7,9-13,16,23H2,(H,25,27)(H,26,28,29). The van der Waals surface area contributed by atoms with Crippen LogP contribution in [0.5, 0.6) is 0 Å². The molecule has 8 nitrogen and oxygen atoms in total. The van der Waals surface area contributed by atoms with Crippen molar-refractivity contribution >= 4 is 17.5 Å². The van der Waals surface area contributed by atoms with Crippen LogP contribution in [0.2, 0.25) is 0 Å². The van der Waals surface area contributed by atoms with Gasteiger partial charge in [-0.1, -0.05) is 12.1 Å². The molecule has 4 rings (SSSR count). The molecule has 30 heavy (non-hydrogen) atoms. The van der Waals surface area contributed by atoms with Crippen LogP contribution in [0.4, 0.5) is 17.5 Å². The van der Waals surface area contributed by atoms with Gasteiger partial charge >= 0.3 is 0 Å². The van der Waals surface area contributed by atoms with Gasteiger partial charge in [0, 0.05) is 69.5 Å². The summed E-state index contributed by atoms with van der Waals surface area (Å²) in [4.78, 5) is 15.9. The number of nitrogens with one attached hydrogen (secondary N) is 3. The number of pyridine rings is 1. The lowest BCUT2D eigenvalue weighted by molar-refractivity contribution is 0.233. The summed E-state index contributed by atoms with van der Waals surface area (Å²) in [7, 11) is 0. The summed E-state index contributed by atoms with van der Waals surface area (Å²) in [5.41, 5.74) is 9.54. The first-order valence-electron chi connectivity index (χ1n) is 10.3. The van der Waals surface area contributed by atoms with Gasteiger partial charge in [-0.05, 0) is 35.9 Å². The second kappa shape index (κ2) is 10.1. The number of nitrogens with zero attached hydrogens (tertiary/aromatic N) is 4. The van der Waals surface area contributed by atoms with Gasteiger partial charge in [-0.25, -0.2) is 15.0 Å². The number of anilines is 3. The quantitative estimate of drug-likeness (QED) is 0.452. The van der Waals surface area contributed by atoms with Gasteiger partial charge in [0.15, 0.2) is 0 Å². The highest BCUT2D eigenvalue weighted by molar-refractivity contribution is 5.62. The Labute approximate surface area is 177 Å². The maximum absolute atomic E-state index is 5.51. The van der Waals surface area contributed by atoms with Crippen LogP contribution in [0.15, 0.2) is 54.9 Å². The SMILES string of the molecule is NCCNc1ccc(-c2ccnc(Nc3cccc(CN4CCNCC4)c3)n2)cn1. The molecular weight excluding hydrogens is 376 g/mol. The lowest BCUT2D eigenvalue weighted by atomic mass is 10.1. The Balaban J connectivity index is 1.43. The van der Waals surface area contributed by atoms with Crippen molar-refractivity contribution in [3.8, 4) is 11.3 Å². The molecule has 1 aromatic carbocycles. The van der Waals surface area contributed by atoms with Crippen molar-refractivity contribution in [3.63, 3.8) is 0 Å². The number of aromatic nitrogens is 3. The van der Waals surface area contributed by atoms with Crippen LogP contribution in [0.1, 0.15) is 5.56 Å². The molecule has 1 aliphatic heterocycles. The summed E-state index contributed by atoms with van der Waals surface area (Å²) in [6.07, 6.45) is 3.56. The van der Waals surface area contributed by atoms with Crippen LogP contribution in [-0.4, -0.2) is 59.1 Å². The molecule has 0 saturated carbocycles. The molecule has 156 valence electrons. The Morgan fingerprint density at radius 1 is 1.07 bits per heavy atom. The van der Waals surface area contributed by atoms with E-state index < -0.39 is 0 Å². The summed E-state index contributed by atoms with van der Waals surface area (Å²) < 4.78 is 0. The molecular formula is C22H28N8. The highest BCUT2D eigenvalue weighted by Crippen LogP contribution is 2.21. The molecule has 1 saturated heterocycles. The van der Waals surface area contributed by atoms with Gasteiger partial charge in [-0.15, -0.1) is 0 Å². The second-order valence-corrected chi connectivity index (χ2v) is 7.26. The molecule has 8 heteroatoms. The van der Waals surface area contributed by atoms with E-state index in [1.165, 1.54) is 5.56 Å². The molecule has 0 aliphatic carbocycles. The van der Waals surface area contributed by atoms with E-state index in [4.69, 9.17) is 5.73 Å². The summed E-state index contributed by atoms with van der Waals surface area (Å²) >= 11 is 0. The van der Waals surface area contributed by atoms with E-state index in [2.05, 4.69) is 54.0 Å². The molecule has 1 aliphatic rings. The average Bonchev–Trinajstić information content (AvgIpc) is 2.79. The van der Waals surface area contributed by atoms with Gasteiger partial charge in [-0.3, -0.25) is 4.90 Å². The Kier molecular flexibility index (Phi) is 6.81. The van der Waals surface area contributed by atoms with E-state index in [0.29, 0.717) is 19.0 Å². The largest absolute Gasteiger partial charge is 0.369 e. The molecule has 0 unspecified atom stereocenters. The minimum absolute atomic E-state index is 0.567. The Morgan fingerprint density at radius 3 is 2.77 bits per heavy atom. The number of nitrogens with two attached hydrogens (primary N) is 1. The van der Waals surface area contributed by atoms with Crippen molar-refractivity contribution in [1.82, 2.24) is 25.2 Å². The van der Waals surface area contributed by atoms with Gasteiger partial charge in [0.05, 0.1) is 5.69 Å². The normalized spacial score (nSPS) is 14.4. The smallest absolute Gasteiger partial charge is 0.227 e. The van der Waals surface area contributed by atoms with Crippen molar-refractivity contribution in [2.24, 2.45) is 5.73 Å². The first-order chi connectivity index (χ1) is 14.8. The Bertz CT molecular complexity index is 938. The highest BCUT2D eigenvalue weighted by Gasteiger charge is 2.10. The summed E-state index contributed by atoms with van der Waals surface area (Å²) in [5, 5.41) is 9.89. The molecule has 0 radical (unpaired) electrons. The van der Waals surface area contributed by atoms with Crippen molar-refractivity contribution in [2.75, 3.05) is 49.9 Å². The van der Waals surface area contributed by atoms with Gasteiger partial charge in [0.1, 0.15) is 5.82 Å². The maximum Gasteiger partial charge on any atom is 0.227 e. The zero-order chi connectivity index (χ0) is 20.6. The van der Waals surface area contributed by atoms with E-state index in [1.54, 1.807) is 12.4 Å². The van der Waals surface area contributed by atoms with E-state index in [1.807, 2.05) is 24.3 Å². The molecule has 0 atom stereocenters. The van der Waals surface area contributed by atoms with E-state index >= 15 is 0 Å². The van der Waals surface area contributed by atoms with Gasteiger partial charge in [0.2, 0.25) is 5.95 Å². The van der Waals surface area contributed by atoms with Crippen molar-refractivity contribution < 1.29 is 0 Å². The highest BCUT2D eigenvalue weighted by atomic mass is 15.2. The Hall–Kier alpha value is -3.07. The van der Waals surface area contributed by atoms with Crippen molar-refractivity contribution in [2.45, 2.75) is 6.54 Å². The molecule has 2 aromatic heterocycles. The van der Waals surface area contributed by atoms with Crippen molar-refractivity contribution in [1.29, 1.82) is 0 Å². The molecule has 3 heterocycles. The first-order valence-corrected chi connectivity index (χ1v) is 10.3. The topological polar surface area (TPSA) is 104 Å². The molecule has 1 fully saturated rings. The third kappa shape index (κ3) is 5.50. The Morgan fingerprint density at radius 2 is 1.97 bits per heavy atom. The lowest BCUT2D eigenvalue weighted by Gasteiger charge is -2.27. The zero-order valence-electron chi connectivity index (χ0n) is 17.0. The first kappa shape index (κ1) is 20.2. The van der Waals surface area contributed by atoms with Gasteiger partial charge in [0.25, 0.3) is 0 Å². The minimum Gasteiger partial charge on any atom is -0.369 e. The fourth-order valence-electron chi connectivity index (χ4n) is 3.43. The number of piperazine rings is 1. The van der Waals surface area contributed by atoms with Crippen LogP contribution in [0, 0.1) is 0 Å². The third-order valence-corrected chi connectivity index (χ3v) is 4.96. The molecule has 0 bridgehead atoms. The molecule has 5 N–H and O–H groups in total. The average molecular weight is 405 g/mol. The van der Waals surface area contributed by atoms with Crippen LogP contribution in [-0.2, 0) is 6.54 Å². The van der Waals surface area contributed by atoms with Crippen LogP contribution in [0.25, 0.3) is 11.3 Å². The number of hydrogen-bond acceptors (Lipinski definition) is 8. The predicted octanol–water partition coefficient (Wildman–Crippen LogP) is 2.06. The second-order valence-electron chi connectivity index (χ2n) is 7.26. The predicted molar refractivity (Wildman–Crippen MR) is 121 cm³/mol. The van der Waals surface area contributed by atoms with E-state index in [0.717, 1.165) is 55.5 Å². The maximum atomic E-state index is 5.51. The fraction of sp³-hybridized carbons (Fsp3) is 0.318. The number of hydrogen-bond donors (Lipinski definition) is 4. The van der Waals surface area contributed by atoms with E-state index in [-0.39, 0.29) is 0 Å². The van der Waals surface area contributed by atoms with Crippen LogP contribution in [0.3, 0.4) is 0 Å². The molecule has 0 amide bonds. The lowest BCUT2D eigenvalue weighted by Crippen LogP contribution is -2.42. The summed E-state index contributed by atoms with van der Waals surface area (Å²) in [6.45, 7) is 6.49. The number of rotatable bonds is 8. The summed E-state index contributed by atoms with van der Waals surface area (Å²) in [5.74, 6) is 1.37. The van der Waals surface area contributed by atoms with Crippen LogP contribution < -0.4 is 21.7 Å². The monoisotopic (exact) mass is 404 g/mol. The van der Waals surface area contributed by atoms with Crippen molar-refractivity contribution in [3.05, 3.63) is 60.4 Å². The van der Waals surface area contributed by atoms with Gasteiger partial charge in [-0.2, -0.15) is 0 Å². The third-order valence-electron chi connectivity index (χ3n) is 4.96. The minimum atomic E-state index is 0.567. The molecule has 3 aromatic rings. The number of benzene rings is 1. The van der Waals surface area contributed by atoms with Gasteiger partial charge < -0.3 is 21.7 Å². The zero-order valence-corrected chi connectivity index (χ0v) is 17.0. The van der Waals surface area contributed by atoms with Crippen LogP contribution >= 0.6 is 0 Å². The summed E-state index contributed by atoms with van der Waals surface area (Å²) in [6, 6.07) is 14.2.